The van der Waals surface area contributed by atoms with Crippen LogP contribution >= 0.6 is 0 Å². The molecule has 1 amide bonds. The van der Waals surface area contributed by atoms with Crippen LogP contribution in [0.5, 0.6) is 11.5 Å². The molecule has 24 heavy (non-hydrogen) atoms. The molecule has 2 aliphatic heterocycles. The zero-order valence-electron chi connectivity index (χ0n) is 13.0. The molecule has 4 rings (SSSR count). The number of carbonyl (C=O) groups excluding carboxylic acids is 1. The van der Waals surface area contributed by atoms with Crippen molar-refractivity contribution in [1.29, 1.82) is 0 Å². The highest BCUT2D eigenvalue weighted by Gasteiger charge is 2.32. The maximum atomic E-state index is 14.0. The Morgan fingerprint density at radius 3 is 2.96 bits per heavy atom. The van der Waals surface area contributed by atoms with Crippen molar-refractivity contribution in [1.82, 2.24) is 5.32 Å². The van der Waals surface area contributed by atoms with Gasteiger partial charge in [0.1, 0.15) is 12.7 Å². The normalized spacial score (nSPS) is 18.2. The van der Waals surface area contributed by atoms with Crippen LogP contribution in [-0.2, 0) is 17.8 Å². The van der Waals surface area contributed by atoms with E-state index in [2.05, 4.69) is 10.6 Å². The third kappa shape index (κ3) is 2.80. The Morgan fingerprint density at radius 1 is 1.29 bits per heavy atom. The van der Waals surface area contributed by atoms with Crippen molar-refractivity contribution in [3.63, 3.8) is 0 Å². The first kappa shape index (κ1) is 15.0. The molecular weight excluding hydrogens is 311 g/mol. The number of halogens is 1. The van der Waals surface area contributed by atoms with Gasteiger partial charge in [0.25, 0.3) is 0 Å². The third-order valence-electron chi connectivity index (χ3n) is 4.15. The summed E-state index contributed by atoms with van der Waals surface area (Å²) in [5.74, 6) is 0.119. The molecule has 2 aromatic carbocycles. The lowest BCUT2D eigenvalue weighted by Gasteiger charge is -2.28. The molecular formula is C18H17FN2O3. The summed E-state index contributed by atoms with van der Waals surface area (Å²) in [5, 5.41) is 5.86. The zero-order valence-corrected chi connectivity index (χ0v) is 13.0. The molecule has 0 spiro atoms. The summed E-state index contributed by atoms with van der Waals surface area (Å²) >= 11 is 0. The molecule has 0 saturated heterocycles. The number of ether oxygens (including phenoxy) is 2. The molecule has 0 aliphatic carbocycles. The molecule has 0 bridgehead atoms. The topological polar surface area (TPSA) is 59.6 Å². The van der Waals surface area contributed by atoms with Crippen LogP contribution < -0.4 is 20.1 Å². The lowest BCUT2D eigenvalue weighted by molar-refractivity contribution is -0.115. The smallest absolute Gasteiger partial charge is 0.229 e. The van der Waals surface area contributed by atoms with Gasteiger partial charge in [-0.3, -0.25) is 4.79 Å². The summed E-state index contributed by atoms with van der Waals surface area (Å²) in [7, 11) is 0. The largest absolute Gasteiger partial charge is 0.486 e. The maximum Gasteiger partial charge on any atom is 0.229 e. The molecule has 6 heteroatoms. The van der Waals surface area contributed by atoms with Crippen LogP contribution in [-0.4, -0.2) is 25.2 Å². The van der Waals surface area contributed by atoms with Crippen LogP contribution in [0.15, 0.2) is 36.4 Å². The number of amides is 1. The Kier molecular flexibility index (Phi) is 3.82. The first-order valence-corrected chi connectivity index (χ1v) is 7.90. The lowest BCUT2D eigenvalue weighted by atomic mass is 10.1. The molecule has 5 nitrogen and oxygen atoms in total. The predicted octanol–water partition coefficient (Wildman–Crippen LogP) is 2.25. The summed E-state index contributed by atoms with van der Waals surface area (Å²) in [6.45, 7) is 1.67. The van der Waals surface area contributed by atoms with Gasteiger partial charge in [-0.2, -0.15) is 0 Å². The highest BCUT2D eigenvalue weighted by Crippen LogP contribution is 2.43. The SMILES string of the molecule is O=C1Cc2c(c(F)cc3c2OC(CNCc2ccccc2)CO3)N1. The fourth-order valence-electron chi connectivity index (χ4n) is 3.00. The molecule has 2 aliphatic rings. The number of nitrogens with one attached hydrogen (secondary N) is 2. The van der Waals surface area contributed by atoms with Crippen LogP contribution in [0.3, 0.4) is 0 Å². The second-order valence-corrected chi connectivity index (χ2v) is 5.93. The number of hydrogen-bond donors (Lipinski definition) is 2. The number of hydrogen-bond acceptors (Lipinski definition) is 4. The van der Waals surface area contributed by atoms with Gasteiger partial charge in [-0.15, -0.1) is 0 Å². The highest BCUT2D eigenvalue weighted by atomic mass is 19.1. The molecule has 0 fully saturated rings. The molecule has 0 radical (unpaired) electrons. The number of carbonyl (C=O) groups is 1. The molecule has 1 unspecified atom stereocenters. The average molecular weight is 328 g/mol. The molecule has 2 aromatic rings. The number of benzene rings is 2. The van der Waals surface area contributed by atoms with E-state index in [1.54, 1.807) is 0 Å². The minimum absolute atomic E-state index is 0.114. The zero-order chi connectivity index (χ0) is 16.5. The Labute approximate surface area is 138 Å². The standard InChI is InChI=1S/C18H17FN2O3/c19-14-7-15-18(13-6-16(22)21-17(13)14)24-12(10-23-15)9-20-8-11-4-2-1-3-5-11/h1-5,7,12,20H,6,8-10H2,(H,21,22). The van der Waals surface area contributed by atoms with Crippen molar-refractivity contribution in [2.24, 2.45) is 0 Å². The second kappa shape index (κ2) is 6.13. The second-order valence-electron chi connectivity index (χ2n) is 5.93. The molecule has 0 saturated carbocycles. The minimum atomic E-state index is -0.487. The Balaban J connectivity index is 1.44. The first-order valence-electron chi connectivity index (χ1n) is 7.90. The van der Waals surface area contributed by atoms with Crippen molar-refractivity contribution < 1.29 is 18.7 Å². The van der Waals surface area contributed by atoms with Crippen molar-refractivity contribution in [2.75, 3.05) is 18.5 Å². The number of anilines is 1. The molecule has 1 atom stereocenters. The molecule has 2 heterocycles. The summed E-state index contributed by atoms with van der Waals surface area (Å²) in [5.41, 5.74) is 1.94. The molecule has 2 N–H and O–H groups in total. The van der Waals surface area contributed by atoms with Gasteiger partial charge in [-0.05, 0) is 5.56 Å². The monoisotopic (exact) mass is 328 g/mol. The molecule has 124 valence electrons. The van der Waals surface area contributed by atoms with Crippen LogP contribution in [0.25, 0.3) is 0 Å². The molecule has 0 aromatic heterocycles. The Bertz CT molecular complexity index is 780. The van der Waals surface area contributed by atoms with Crippen LogP contribution in [0.4, 0.5) is 10.1 Å². The van der Waals surface area contributed by atoms with Gasteiger partial charge in [-0.1, -0.05) is 30.3 Å². The summed E-state index contributed by atoms with van der Waals surface area (Å²) in [6, 6.07) is 11.3. The van der Waals surface area contributed by atoms with Crippen molar-refractivity contribution in [2.45, 2.75) is 19.1 Å². The van der Waals surface area contributed by atoms with Gasteiger partial charge in [0, 0.05) is 24.7 Å². The van der Waals surface area contributed by atoms with Crippen LogP contribution in [0, 0.1) is 5.82 Å². The van der Waals surface area contributed by atoms with Crippen LogP contribution in [0.2, 0.25) is 0 Å². The average Bonchev–Trinajstić information content (AvgIpc) is 2.99. The minimum Gasteiger partial charge on any atom is -0.486 e. The van der Waals surface area contributed by atoms with E-state index < -0.39 is 5.82 Å². The van der Waals surface area contributed by atoms with E-state index in [9.17, 15) is 9.18 Å². The summed E-state index contributed by atoms with van der Waals surface area (Å²) in [4.78, 5) is 11.6. The highest BCUT2D eigenvalue weighted by molar-refractivity contribution is 6.00. The van der Waals surface area contributed by atoms with Gasteiger partial charge in [0.2, 0.25) is 5.91 Å². The van der Waals surface area contributed by atoms with E-state index in [4.69, 9.17) is 9.47 Å². The fourth-order valence-corrected chi connectivity index (χ4v) is 3.00. The summed E-state index contributed by atoms with van der Waals surface area (Å²) in [6.07, 6.45) is -0.0744. The third-order valence-corrected chi connectivity index (χ3v) is 4.15. The quantitative estimate of drug-likeness (QED) is 0.904. The van der Waals surface area contributed by atoms with Gasteiger partial charge >= 0.3 is 0 Å². The van der Waals surface area contributed by atoms with Crippen LogP contribution in [0.1, 0.15) is 11.1 Å². The predicted molar refractivity (Wildman–Crippen MR) is 86.8 cm³/mol. The van der Waals surface area contributed by atoms with E-state index in [0.717, 1.165) is 6.54 Å². The number of fused-ring (bicyclic) bond motifs is 3. The van der Waals surface area contributed by atoms with E-state index in [0.29, 0.717) is 30.2 Å². The lowest BCUT2D eigenvalue weighted by Crippen LogP contribution is -2.38. The van der Waals surface area contributed by atoms with Crippen molar-refractivity contribution >= 4 is 11.6 Å². The van der Waals surface area contributed by atoms with Crippen molar-refractivity contribution in [3.05, 3.63) is 53.3 Å². The first-order chi connectivity index (χ1) is 11.7. The van der Waals surface area contributed by atoms with Gasteiger partial charge in [-0.25, -0.2) is 4.39 Å². The van der Waals surface area contributed by atoms with Gasteiger partial charge in [0.15, 0.2) is 17.3 Å². The van der Waals surface area contributed by atoms with E-state index in [1.807, 2.05) is 30.3 Å². The van der Waals surface area contributed by atoms with Crippen molar-refractivity contribution in [3.8, 4) is 11.5 Å². The number of rotatable bonds is 4. The Morgan fingerprint density at radius 2 is 2.12 bits per heavy atom. The van der Waals surface area contributed by atoms with Gasteiger partial charge in [0.05, 0.1) is 12.1 Å². The fraction of sp³-hybridized carbons (Fsp3) is 0.278. The summed E-state index contributed by atoms with van der Waals surface area (Å²) < 4.78 is 25.6. The maximum absolute atomic E-state index is 14.0. The van der Waals surface area contributed by atoms with E-state index in [1.165, 1.54) is 11.6 Å². The van der Waals surface area contributed by atoms with E-state index in [-0.39, 0.29) is 24.1 Å². The van der Waals surface area contributed by atoms with Gasteiger partial charge < -0.3 is 20.1 Å². The van der Waals surface area contributed by atoms with E-state index >= 15 is 0 Å². The Hall–Kier alpha value is -2.60.